The predicted octanol–water partition coefficient (Wildman–Crippen LogP) is 3.55. The first-order valence-electron chi connectivity index (χ1n) is 6.30. The molecular weight excluding hydrogens is 281 g/mol. The minimum Gasteiger partial charge on any atom is -0.381 e. The van der Waals surface area contributed by atoms with Crippen molar-refractivity contribution in [2.75, 3.05) is 0 Å². The largest absolute Gasteiger partial charge is 0.416 e. The van der Waals surface area contributed by atoms with E-state index in [1.165, 1.54) is 0 Å². The molecule has 0 aliphatic heterocycles. The van der Waals surface area contributed by atoms with E-state index >= 15 is 0 Å². The van der Waals surface area contributed by atoms with Crippen LogP contribution in [0.4, 0.5) is 13.2 Å². The maximum Gasteiger partial charge on any atom is 0.416 e. The average molecular weight is 294 g/mol. The molecule has 2 aromatic carbocycles. The van der Waals surface area contributed by atoms with Crippen molar-refractivity contribution < 1.29 is 23.1 Å². The summed E-state index contributed by atoms with van der Waals surface area (Å²) in [5.41, 5.74) is 0.0892. The van der Waals surface area contributed by atoms with Crippen LogP contribution in [0.3, 0.4) is 0 Å². The minimum absolute atomic E-state index is 0.0308. The fourth-order valence-electron chi connectivity index (χ4n) is 1.93. The molecule has 0 spiro atoms. The molecular formula is C16H13F3O2. The molecule has 1 atom stereocenters. The molecule has 21 heavy (non-hydrogen) atoms. The summed E-state index contributed by atoms with van der Waals surface area (Å²) in [5.74, 6) is -0.457. The number of carbonyl (C=O) groups excluding carboxylic acids is 1. The van der Waals surface area contributed by atoms with E-state index in [0.29, 0.717) is 0 Å². The number of halogens is 3. The van der Waals surface area contributed by atoms with Gasteiger partial charge in [0.15, 0.2) is 5.78 Å². The lowest BCUT2D eigenvalue weighted by atomic mass is 9.99. The van der Waals surface area contributed by atoms with Crippen LogP contribution in [0.5, 0.6) is 0 Å². The van der Waals surface area contributed by atoms with E-state index in [1.807, 2.05) is 0 Å². The standard InChI is InChI=1S/C16H13F3O2/c17-16(18,19)13-8-6-12(7-9-13)15(21)14(20)10-11-4-2-1-3-5-11/h1-9,15,21H,10H2/t15-/m0/s1. The molecule has 2 nitrogen and oxygen atoms in total. The highest BCUT2D eigenvalue weighted by Crippen LogP contribution is 2.30. The third-order valence-corrected chi connectivity index (χ3v) is 3.08. The second kappa shape index (κ2) is 6.10. The van der Waals surface area contributed by atoms with Crippen molar-refractivity contribution in [1.29, 1.82) is 0 Å². The Balaban J connectivity index is 2.09. The van der Waals surface area contributed by atoms with Crippen molar-refractivity contribution in [2.45, 2.75) is 18.7 Å². The summed E-state index contributed by atoms with van der Waals surface area (Å²) in [5, 5.41) is 9.91. The van der Waals surface area contributed by atoms with Gasteiger partial charge in [-0.3, -0.25) is 4.79 Å². The monoisotopic (exact) mass is 294 g/mol. The van der Waals surface area contributed by atoms with Gasteiger partial charge in [0.2, 0.25) is 0 Å². The first-order chi connectivity index (χ1) is 9.88. The van der Waals surface area contributed by atoms with Crippen molar-refractivity contribution in [3.05, 3.63) is 71.3 Å². The SMILES string of the molecule is O=C(Cc1ccccc1)[C@@H](O)c1ccc(C(F)(F)F)cc1. The van der Waals surface area contributed by atoms with Gasteiger partial charge in [-0.15, -0.1) is 0 Å². The zero-order chi connectivity index (χ0) is 15.5. The smallest absolute Gasteiger partial charge is 0.381 e. The van der Waals surface area contributed by atoms with Gasteiger partial charge in [0.25, 0.3) is 0 Å². The van der Waals surface area contributed by atoms with Gasteiger partial charge in [0, 0.05) is 6.42 Å². The van der Waals surface area contributed by atoms with E-state index in [0.717, 1.165) is 29.8 Å². The Morgan fingerprint density at radius 3 is 2.10 bits per heavy atom. The molecule has 0 aliphatic rings. The lowest BCUT2D eigenvalue weighted by Gasteiger charge is -2.12. The van der Waals surface area contributed by atoms with E-state index in [9.17, 15) is 23.1 Å². The second-order valence-corrected chi connectivity index (χ2v) is 4.65. The molecule has 2 aromatic rings. The summed E-state index contributed by atoms with van der Waals surface area (Å²) in [6.45, 7) is 0. The number of rotatable bonds is 4. The van der Waals surface area contributed by atoms with Crippen molar-refractivity contribution in [1.82, 2.24) is 0 Å². The zero-order valence-electron chi connectivity index (χ0n) is 11.0. The summed E-state index contributed by atoms with van der Waals surface area (Å²) in [6.07, 6.45) is -5.83. The van der Waals surface area contributed by atoms with Gasteiger partial charge in [-0.05, 0) is 23.3 Å². The van der Waals surface area contributed by atoms with Crippen molar-refractivity contribution >= 4 is 5.78 Å². The number of hydrogen-bond donors (Lipinski definition) is 1. The van der Waals surface area contributed by atoms with Crippen LogP contribution in [0.1, 0.15) is 22.8 Å². The molecule has 0 aliphatic carbocycles. The van der Waals surface area contributed by atoms with Crippen LogP contribution in [0.2, 0.25) is 0 Å². The fourth-order valence-corrected chi connectivity index (χ4v) is 1.93. The number of hydrogen-bond acceptors (Lipinski definition) is 2. The molecule has 0 amide bonds. The number of Topliss-reactive ketones (excluding diaryl/α,β-unsaturated/α-hetero) is 1. The maximum atomic E-state index is 12.4. The van der Waals surface area contributed by atoms with Gasteiger partial charge in [-0.25, -0.2) is 0 Å². The molecule has 0 saturated heterocycles. The van der Waals surface area contributed by atoms with Crippen LogP contribution >= 0.6 is 0 Å². The van der Waals surface area contributed by atoms with Crippen LogP contribution in [0, 0.1) is 0 Å². The first kappa shape index (κ1) is 15.3. The highest BCUT2D eigenvalue weighted by atomic mass is 19.4. The summed E-state index contributed by atoms with van der Waals surface area (Å²) < 4.78 is 37.3. The number of alkyl halides is 3. The van der Waals surface area contributed by atoms with Crippen LogP contribution in [-0.4, -0.2) is 10.9 Å². The van der Waals surface area contributed by atoms with E-state index < -0.39 is 23.6 Å². The number of ketones is 1. The highest BCUT2D eigenvalue weighted by molar-refractivity contribution is 5.86. The second-order valence-electron chi connectivity index (χ2n) is 4.65. The van der Waals surface area contributed by atoms with E-state index in [-0.39, 0.29) is 12.0 Å². The molecule has 5 heteroatoms. The average Bonchev–Trinajstić information content (AvgIpc) is 2.46. The third-order valence-electron chi connectivity index (χ3n) is 3.08. The minimum atomic E-state index is -4.43. The molecule has 2 rings (SSSR count). The van der Waals surface area contributed by atoms with Crippen molar-refractivity contribution in [2.24, 2.45) is 0 Å². The van der Waals surface area contributed by atoms with Crippen LogP contribution in [0.15, 0.2) is 54.6 Å². The zero-order valence-corrected chi connectivity index (χ0v) is 11.0. The lowest BCUT2D eigenvalue weighted by Crippen LogP contribution is -2.15. The van der Waals surface area contributed by atoms with Crippen LogP contribution in [-0.2, 0) is 17.4 Å². The molecule has 0 unspecified atom stereocenters. The molecule has 0 bridgehead atoms. The van der Waals surface area contributed by atoms with Gasteiger partial charge in [-0.1, -0.05) is 42.5 Å². The number of aliphatic hydroxyl groups excluding tert-OH is 1. The Hall–Kier alpha value is -2.14. The summed E-state index contributed by atoms with van der Waals surface area (Å²) in [4.78, 5) is 11.9. The fraction of sp³-hybridized carbons (Fsp3) is 0.188. The number of aliphatic hydroxyl groups is 1. The van der Waals surface area contributed by atoms with Gasteiger partial charge in [-0.2, -0.15) is 13.2 Å². The van der Waals surface area contributed by atoms with Crippen molar-refractivity contribution in [3.63, 3.8) is 0 Å². The number of carbonyl (C=O) groups is 1. The van der Waals surface area contributed by atoms with E-state index in [4.69, 9.17) is 0 Å². The summed E-state index contributed by atoms with van der Waals surface area (Å²) >= 11 is 0. The van der Waals surface area contributed by atoms with Crippen LogP contribution < -0.4 is 0 Å². The highest BCUT2D eigenvalue weighted by Gasteiger charge is 2.30. The topological polar surface area (TPSA) is 37.3 Å². The van der Waals surface area contributed by atoms with E-state index in [2.05, 4.69) is 0 Å². The molecule has 0 fully saturated rings. The van der Waals surface area contributed by atoms with E-state index in [1.54, 1.807) is 30.3 Å². The quantitative estimate of drug-likeness (QED) is 0.936. The number of benzene rings is 2. The molecule has 110 valence electrons. The Morgan fingerprint density at radius 2 is 1.57 bits per heavy atom. The molecule has 0 aromatic heterocycles. The van der Waals surface area contributed by atoms with Gasteiger partial charge in [0.1, 0.15) is 6.10 Å². The molecule has 0 radical (unpaired) electrons. The molecule has 1 N–H and O–H groups in total. The third kappa shape index (κ3) is 3.92. The summed E-state index contributed by atoms with van der Waals surface area (Å²) in [7, 11) is 0. The van der Waals surface area contributed by atoms with Gasteiger partial charge >= 0.3 is 6.18 Å². The molecule has 0 saturated carbocycles. The first-order valence-corrected chi connectivity index (χ1v) is 6.30. The Bertz CT molecular complexity index is 604. The van der Waals surface area contributed by atoms with Crippen molar-refractivity contribution in [3.8, 4) is 0 Å². The summed E-state index contributed by atoms with van der Waals surface area (Å²) in [6, 6.07) is 12.8. The lowest BCUT2D eigenvalue weighted by molar-refractivity contribution is -0.137. The van der Waals surface area contributed by atoms with Gasteiger partial charge in [0.05, 0.1) is 5.56 Å². The molecule has 0 heterocycles. The van der Waals surface area contributed by atoms with Gasteiger partial charge < -0.3 is 5.11 Å². The Morgan fingerprint density at radius 1 is 1.00 bits per heavy atom. The van der Waals surface area contributed by atoms with Crippen LogP contribution in [0.25, 0.3) is 0 Å². The maximum absolute atomic E-state index is 12.4. The predicted molar refractivity (Wildman–Crippen MR) is 71.6 cm³/mol. The Labute approximate surface area is 119 Å². The Kier molecular flexibility index (Phi) is 4.43. The normalized spacial score (nSPS) is 13.0.